The van der Waals surface area contributed by atoms with Crippen molar-refractivity contribution in [2.75, 3.05) is 11.9 Å². The van der Waals surface area contributed by atoms with Gasteiger partial charge in [0.05, 0.1) is 5.69 Å². The molecule has 1 rings (SSSR count). The van der Waals surface area contributed by atoms with Crippen LogP contribution in [0.3, 0.4) is 0 Å². The van der Waals surface area contributed by atoms with Crippen molar-refractivity contribution in [2.24, 2.45) is 0 Å². The van der Waals surface area contributed by atoms with Crippen LogP contribution in [-0.4, -0.2) is 6.54 Å². The Labute approximate surface area is 89.7 Å². The summed E-state index contributed by atoms with van der Waals surface area (Å²) in [5.41, 5.74) is 0.421. The number of benzene rings is 1. The minimum absolute atomic E-state index is 0.360. The van der Waals surface area contributed by atoms with E-state index < -0.39 is 0 Å². The van der Waals surface area contributed by atoms with E-state index in [-0.39, 0.29) is 5.82 Å². The minimum Gasteiger partial charge on any atom is -0.378 e. The van der Waals surface area contributed by atoms with Gasteiger partial charge in [-0.1, -0.05) is 34.1 Å². The lowest BCUT2D eigenvalue weighted by molar-refractivity contribution is 0.631. The van der Waals surface area contributed by atoms with Crippen LogP contribution in [0.15, 0.2) is 29.3 Å². The molecule has 0 unspecified atom stereocenters. The Morgan fingerprint density at radius 1 is 1.62 bits per heavy atom. The molecule has 0 fully saturated rings. The van der Waals surface area contributed by atoms with E-state index in [1.807, 2.05) is 0 Å². The Balaban J connectivity index is 2.72. The molecule has 1 N–H and O–H groups in total. The SMILES string of the molecule is C=C(Br)CNc1ccc(Cl)cc1F. The zero-order valence-corrected chi connectivity index (χ0v) is 9.12. The first-order valence-electron chi connectivity index (χ1n) is 3.62. The molecule has 0 aromatic heterocycles. The van der Waals surface area contributed by atoms with Crippen molar-refractivity contribution in [1.82, 2.24) is 0 Å². The predicted molar refractivity (Wildman–Crippen MR) is 58.0 cm³/mol. The van der Waals surface area contributed by atoms with Crippen LogP contribution < -0.4 is 5.32 Å². The van der Waals surface area contributed by atoms with Crippen LogP contribution in [0.2, 0.25) is 5.02 Å². The largest absolute Gasteiger partial charge is 0.378 e. The second-order valence-electron chi connectivity index (χ2n) is 2.49. The fourth-order valence-electron chi connectivity index (χ4n) is 0.824. The van der Waals surface area contributed by atoms with E-state index >= 15 is 0 Å². The molecule has 0 atom stereocenters. The van der Waals surface area contributed by atoms with Crippen molar-refractivity contribution in [1.29, 1.82) is 0 Å². The summed E-state index contributed by atoms with van der Waals surface area (Å²) in [6.45, 7) is 4.11. The number of nitrogens with one attached hydrogen (secondary N) is 1. The quantitative estimate of drug-likeness (QED) is 0.875. The monoisotopic (exact) mass is 263 g/mol. The van der Waals surface area contributed by atoms with Gasteiger partial charge in [-0.05, 0) is 18.2 Å². The van der Waals surface area contributed by atoms with Crippen molar-refractivity contribution < 1.29 is 4.39 Å². The summed E-state index contributed by atoms with van der Waals surface area (Å²) >= 11 is 8.75. The molecule has 0 aliphatic carbocycles. The molecule has 0 aliphatic rings. The summed E-state index contributed by atoms with van der Waals surface area (Å²) in [5.74, 6) is -0.360. The number of hydrogen-bond acceptors (Lipinski definition) is 1. The molecule has 0 radical (unpaired) electrons. The second kappa shape index (κ2) is 4.63. The lowest BCUT2D eigenvalue weighted by Crippen LogP contribution is -2.02. The summed E-state index contributed by atoms with van der Waals surface area (Å²) in [5, 5.41) is 3.25. The van der Waals surface area contributed by atoms with Crippen molar-refractivity contribution in [3.05, 3.63) is 40.1 Å². The van der Waals surface area contributed by atoms with Gasteiger partial charge in [-0.25, -0.2) is 4.39 Å². The number of rotatable bonds is 3. The van der Waals surface area contributed by atoms with Gasteiger partial charge in [-0.2, -0.15) is 0 Å². The molecular weight excluding hydrogens is 256 g/mol. The number of anilines is 1. The Hall–Kier alpha value is -0.540. The molecule has 1 aromatic rings. The number of hydrogen-bond donors (Lipinski definition) is 1. The predicted octanol–water partition coefficient (Wildman–Crippen LogP) is 3.80. The Bertz CT molecular complexity index is 327. The van der Waals surface area contributed by atoms with Crippen LogP contribution >= 0.6 is 27.5 Å². The molecule has 0 bridgehead atoms. The summed E-state index contributed by atoms with van der Waals surface area (Å²) in [4.78, 5) is 0. The first-order valence-corrected chi connectivity index (χ1v) is 4.79. The van der Waals surface area contributed by atoms with E-state index in [1.165, 1.54) is 6.07 Å². The first-order chi connectivity index (χ1) is 6.09. The number of halogens is 3. The summed E-state index contributed by atoms with van der Waals surface area (Å²) in [7, 11) is 0. The molecule has 0 saturated carbocycles. The van der Waals surface area contributed by atoms with Gasteiger partial charge in [0.15, 0.2) is 0 Å². The minimum atomic E-state index is -0.360. The third kappa shape index (κ3) is 3.36. The molecule has 0 heterocycles. The van der Waals surface area contributed by atoms with E-state index in [9.17, 15) is 4.39 Å². The zero-order valence-electron chi connectivity index (χ0n) is 6.78. The van der Waals surface area contributed by atoms with Gasteiger partial charge >= 0.3 is 0 Å². The normalized spacial score (nSPS) is 9.77. The highest BCUT2D eigenvalue weighted by atomic mass is 79.9. The van der Waals surface area contributed by atoms with Gasteiger partial charge < -0.3 is 5.32 Å². The molecule has 0 saturated heterocycles. The highest BCUT2D eigenvalue weighted by Gasteiger charge is 2.01. The maximum Gasteiger partial charge on any atom is 0.147 e. The van der Waals surface area contributed by atoms with Crippen molar-refractivity contribution in [3.8, 4) is 0 Å². The van der Waals surface area contributed by atoms with Crippen molar-refractivity contribution in [2.45, 2.75) is 0 Å². The van der Waals surface area contributed by atoms with Gasteiger partial charge in [0.2, 0.25) is 0 Å². The van der Waals surface area contributed by atoms with Crippen molar-refractivity contribution >= 4 is 33.2 Å². The van der Waals surface area contributed by atoms with E-state index in [0.29, 0.717) is 17.3 Å². The molecule has 70 valence electrons. The summed E-state index contributed by atoms with van der Waals surface area (Å²) in [6, 6.07) is 4.48. The average Bonchev–Trinajstić information content (AvgIpc) is 2.02. The van der Waals surface area contributed by atoms with E-state index in [4.69, 9.17) is 11.6 Å². The lowest BCUT2D eigenvalue weighted by Gasteiger charge is -2.06. The maximum atomic E-state index is 13.1. The Kier molecular flexibility index (Phi) is 3.75. The Morgan fingerprint density at radius 2 is 2.31 bits per heavy atom. The van der Waals surface area contributed by atoms with E-state index in [2.05, 4.69) is 27.8 Å². The smallest absolute Gasteiger partial charge is 0.147 e. The van der Waals surface area contributed by atoms with Gasteiger partial charge in [0, 0.05) is 16.0 Å². The molecule has 13 heavy (non-hydrogen) atoms. The molecule has 4 heteroatoms. The first kappa shape index (κ1) is 10.5. The van der Waals surface area contributed by atoms with Crippen LogP contribution in [0.5, 0.6) is 0 Å². The van der Waals surface area contributed by atoms with Crippen LogP contribution in [0.4, 0.5) is 10.1 Å². The molecule has 0 amide bonds. The maximum absolute atomic E-state index is 13.1. The van der Waals surface area contributed by atoms with Gasteiger partial charge in [0.25, 0.3) is 0 Å². The standard InChI is InChI=1S/C9H8BrClFN/c1-6(10)5-13-9-3-2-7(11)4-8(9)12/h2-4,13H,1,5H2. The van der Waals surface area contributed by atoms with Gasteiger partial charge in [-0.15, -0.1) is 0 Å². The Morgan fingerprint density at radius 3 is 2.85 bits per heavy atom. The highest BCUT2D eigenvalue weighted by molar-refractivity contribution is 9.11. The summed E-state index contributed by atoms with van der Waals surface area (Å²) < 4.78 is 13.9. The zero-order chi connectivity index (χ0) is 9.84. The average molecular weight is 265 g/mol. The molecule has 1 nitrogen and oxygen atoms in total. The van der Waals surface area contributed by atoms with Gasteiger partial charge in [-0.3, -0.25) is 0 Å². The summed E-state index contributed by atoms with van der Waals surface area (Å²) in [6.07, 6.45) is 0. The molecule has 0 aliphatic heterocycles. The third-order valence-electron chi connectivity index (χ3n) is 1.40. The topological polar surface area (TPSA) is 12.0 Å². The second-order valence-corrected chi connectivity index (χ2v) is 4.05. The van der Waals surface area contributed by atoms with Gasteiger partial charge in [0.1, 0.15) is 5.82 Å². The third-order valence-corrected chi connectivity index (χ3v) is 1.92. The van der Waals surface area contributed by atoms with Crippen LogP contribution in [0.1, 0.15) is 0 Å². The van der Waals surface area contributed by atoms with E-state index in [1.54, 1.807) is 12.1 Å². The van der Waals surface area contributed by atoms with Crippen molar-refractivity contribution in [3.63, 3.8) is 0 Å². The fraction of sp³-hybridized carbons (Fsp3) is 0.111. The van der Waals surface area contributed by atoms with E-state index in [0.717, 1.165) is 4.48 Å². The molecule has 0 spiro atoms. The molecular formula is C9H8BrClFN. The van der Waals surface area contributed by atoms with Crippen LogP contribution in [-0.2, 0) is 0 Å². The highest BCUT2D eigenvalue weighted by Crippen LogP contribution is 2.19. The lowest BCUT2D eigenvalue weighted by atomic mass is 10.3. The van der Waals surface area contributed by atoms with Crippen LogP contribution in [0.25, 0.3) is 0 Å². The van der Waals surface area contributed by atoms with Crippen LogP contribution in [0, 0.1) is 5.82 Å². The molecule has 1 aromatic carbocycles. The fourth-order valence-corrected chi connectivity index (χ4v) is 1.12.